The zero-order valence-electron chi connectivity index (χ0n) is 15.9. The lowest BCUT2D eigenvalue weighted by Gasteiger charge is -2.22. The smallest absolute Gasteiger partial charge is 0.257 e. The van der Waals surface area contributed by atoms with Crippen molar-refractivity contribution in [2.24, 2.45) is 0 Å². The molecule has 0 bridgehead atoms. The molecule has 0 saturated carbocycles. The summed E-state index contributed by atoms with van der Waals surface area (Å²) in [7, 11) is 0. The summed E-state index contributed by atoms with van der Waals surface area (Å²) in [5, 5.41) is 2.86. The van der Waals surface area contributed by atoms with Crippen LogP contribution in [0.3, 0.4) is 0 Å². The monoisotopic (exact) mass is 390 g/mol. The van der Waals surface area contributed by atoms with Gasteiger partial charge in [-0.2, -0.15) is 0 Å². The van der Waals surface area contributed by atoms with Crippen molar-refractivity contribution >= 4 is 11.6 Å². The highest BCUT2D eigenvalue weighted by molar-refractivity contribution is 6.04. The zero-order valence-corrected chi connectivity index (χ0v) is 15.9. The second-order valence-corrected chi connectivity index (χ2v) is 6.71. The summed E-state index contributed by atoms with van der Waals surface area (Å²) in [6.45, 7) is 1.42. The molecular weight excluding hydrogens is 368 g/mol. The van der Waals surface area contributed by atoms with Crippen molar-refractivity contribution in [3.8, 4) is 17.4 Å². The molecule has 1 amide bonds. The first kappa shape index (κ1) is 19.0. The van der Waals surface area contributed by atoms with E-state index in [0.29, 0.717) is 36.1 Å². The Morgan fingerprint density at radius 3 is 2.34 bits per heavy atom. The summed E-state index contributed by atoms with van der Waals surface area (Å²) in [6.07, 6.45) is 3.35. The highest BCUT2D eigenvalue weighted by Crippen LogP contribution is 2.23. The van der Waals surface area contributed by atoms with Gasteiger partial charge in [-0.1, -0.05) is 18.2 Å². The largest absolute Gasteiger partial charge is 0.474 e. The summed E-state index contributed by atoms with van der Waals surface area (Å²) in [5.74, 6) is 1.76. The number of aromatic nitrogens is 1. The minimum Gasteiger partial charge on any atom is -0.474 e. The van der Waals surface area contributed by atoms with Crippen molar-refractivity contribution in [3.63, 3.8) is 0 Å². The first-order valence-corrected chi connectivity index (χ1v) is 9.61. The van der Waals surface area contributed by atoms with Gasteiger partial charge in [-0.05, 0) is 42.5 Å². The van der Waals surface area contributed by atoms with Crippen LogP contribution >= 0.6 is 0 Å². The lowest BCUT2D eigenvalue weighted by Crippen LogP contribution is -2.26. The minimum atomic E-state index is -0.230. The Morgan fingerprint density at radius 2 is 1.66 bits per heavy atom. The second kappa shape index (κ2) is 9.21. The predicted octanol–water partition coefficient (Wildman–Crippen LogP) is 4.68. The van der Waals surface area contributed by atoms with Crippen LogP contribution in [-0.4, -0.2) is 30.2 Å². The van der Waals surface area contributed by atoms with Crippen LogP contribution in [0.5, 0.6) is 17.4 Å². The molecule has 29 heavy (non-hydrogen) atoms. The summed E-state index contributed by atoms with van der Waals surface area (Å²) in [4.78, 5) is 16.7. The maximum atomic E-state index is 12.5. The van der Waals surface area contributed by atoms with Crippen molar-refractivity contribution in [2.45, 2.75) is 18.9 Å². The molecule has 3 aromatic rings. The average Bonchev–Trinajstić information content (AvgIpc) is 2.77. The van der Waals surface area contributed by atoms with Crippen molar-refractivity contribution in [1.82, 2.24) is 4.98 Å². The first-order valence-electron chi connectivity index (χ1n) is 9.61. The number of para-hydroxylation sites is 1. The summed E-state index contributed by atoms with van der Waals surface area (Å²) >= 11 is 0. The number of nitrogens with one attached hydrogen (secondary N) is 1. The Bertz CT molecular complexity index is 921. The summed E-state index contributed by atoms with van der Waals surface area (Å²) < 4.78 is 16.9. The lowest BCUT2D eigenvalue weighted by molar-refractivity contribution is 0.0237. The lowest BCUT2D eigenvalue weighted by atomic mass is 10.1. The van der Waals surface area contributed by atoms with Crippen LogP contribution in [0.1, 0.15) is 23.2 Å². The topological polar surface area (TPSA) is 69.7 Å². The summed E-state index contributed by atoms with van der Waals surface area (Å²) in [6, 6.07) is 20.2. The number of benzene rings is 2. The number of rotatable bonds is 6. The fraction of sp³-hybridized carbons (Fsp3) is 0.217. The SMILES string of the molecule is O=C(Nc1ccc(Oc2ccccc2)cc1)c1ccc(OC2CCOCC2)nc1. The van der Waals surface area contributed by atoms with Gasteiger partial charge in [0.25, 0.3) is 5.91 Å². The first-order chi connectivity index (χ1) is 14.3. The van der Waals surface area contributed by atoms with E-state index < -0.39 is 0 Å². The molecule has 1 N–H and O–H groups in total. The van der Waals surface area contributed by atoms with Gasteiger partial charge in [0.05, 0.1) is 18.8 Å². The molecule has 1 aliphatic heterocycles. The fourth-order valence-corrected chi connectivity index (χ4v) is 2.98. The Kier molecular flexibility index (Phi) is 6.02. The molecule has 148 valence electrons. The maximum Gasteiger partial charge on any atom is 0.257 e. The molecule has 0 aliphatic carbocycles. The van der Waals surface area contributed by atoms with E-state index in [9.17, 15) is 4.79 Å². The predicted molar refractivity (Wildman–Crippen MR) is 110 cm³/mol. The third-order valence-electron chi connectivity index (χ3n) is 4.55. The molecule has 6 heteroatoms. The number of pyridine rings is 1. The van der Waals surface area contributed by atoms with Gasteiger partial charge in [0, 0.05) is 30.8 Å². The van der Waals surface area contributed by atoms with Crippen LogP contribution in [0, 0.1) is 0 Å². The molecule has 2 heterocycles. The van der Waals surface area contributed by atoms with Gasteiger partial charge in [0.15, 0.2) is 0 Å². The molecule has 0 spiro atoms. The van der Waals surface area contributed by atoms with Gasteiger partial charge in [-0.15, -0.1) is 0 Å². The second-order valence-electron chi connectivity index (χ2n) is 6.71. The number of anilines is 1. The molecule has 1 saturated heterocycles. The van der Waals surface area contributed by atoms with Gasteiger partial charge in [-0.25, -0.2) is 4.98 Å². The van der Waals surface area contributed by atoms with Crippen molar-refractivity contribution in [1.29, 1.82) is 0 Å². The molecule has 1 aliphatic rings. The third kappa shape index (κ3) is 5.33. The van der Waals surface area contributed by atoms with E-state index >= 15 is 0 Å². The van der Waals surface area contributed by atoms with E-state index in [1.54, 1.807) is 24.3 Å². The van der Waals surface area contributed by atoms with Crippen LogP contribution in [0.25, 0.3) is 0 Å². The van der Waals surface area contributed by atoms with Gasteiger partial charge < -0.3 is 19.5 Å². The van der Waals surface area contributed by atoms with Crippen molar-refractivity contribution < 1.29 is 19.0 Å². The zero-order chi connectivity index (χ0) is 19.9. The van der Waals surface area contributed by atoms with Gasteiger partial charge in [-0.3, -0.25) is 4.79 Å². The van der Waals surface area contributed by atoms with Gasteiger partial charge in [0.1, 0.15) is 17.6 Å². The average molecular weight is 390 g/mol. The fourth-order valence-electron chi connectivity index (χ4n) is 2.98. The van der Waals surface area contributed by atoms with Crippen molar-refractivity contribution in [2.75, 3.05) is 18.5 Å². The number of hydrogen-bond donors (Lipinski definition) is 1. The molecule has 6 nitrogen and oxygen atoms in total. The van der Waals surface area contributed by atoms with Crippen LogP contribution in [0.4, 0.5) is 5.69 Å². The number of hydrogen-bond acceptors (Lipinski definition) is 5. The number of nitrogens with zero attached hydrogens (tertiary/aromatic N) is 1. The van der Waals surface area contributed by atoms with Crippen LogP contribution in [0.15, 0.2) is 72.9 Å². The quantitative estimate of drug-likeness (QED) is 0.662. The number of ether oxygens (including phenoxy) is 3. The molecule has 2 aromatic carbocycles. The Labute approximate surface area is 169 Å². The van der Waals surface area contributed by atoms with E-state index in [0.717, 1.165) is 18.6 Å². The highest BCUT2D eigenvalue weighted by Gasteiger charge is 2.16. The Hall–Kier alpha value is -3.38. The van der Waals surface area contributed by atoms with Crippen LogP contribution in [0.2, 0.25) is 0 Å². The van der Waals surface area contributed by atoms with Crippen LogP contribution < -0.4 is 14.8 Å². The molecular formula is C23H22N2O4. The highest BCUT2D eigenvalue weighted by atomic mass is 16.5. The maximum absolute atomic E-state index is 12.5. The van der Waals surface area contributed by atoms with E-state index in [2.05, 4.69) is 10.3 Å². The number of carbonyl (C=O) groups excluding carboxylic acids is 1. The van der Waals surface area contributed by atoms with E-state index in [1.807, 2.05) is 42.5 Å². The normalized spacial score (nSPS) is 14.2. The Balaban J connectivity index is 1.32. The molecule has 1 fully saturated rings. The van der Waals surface area contributed by atoms with Crippen molar-refractivity contribution in [3.05, 3.63) is 78.5 Å². The standard InChI is InChI=1S/C23H22N2O4/c26-23(17-6-11-22(24-16-17)29-21-12-14-27-15-13-21)25-18-7-9-20(10-8-18)28-19-4-2-1-3-5-19/h1-11,16,21H,12-15H2,(H,25,26). The molecule has 1 aromatic heterocycles. The molecule has 4 rings (SSSR count). The molecule has 0 atom stereocenters. The summed E-state index contributed by atoms with van der Waals surface area (Å²) in [5.41, 5.74) is 1.15. The Morgan fingerprint density at radius 1 is 0.931 bits per heavy atom. The van der Waals surface area contributed by atoms with E-state index in [-0.39, 0.29) is 12.0 Å². The number of amides is 1. The number of carbonyl (C=O) groups is 1. The molecule has 0 unspecified atom stereocenters. The molecule has 0 radical (unpaired) electrons. The van der Waals surface area contributed by atoms with Gasteiger partial charge >= 0.3 is 0 Å². The van der Waals surface area contributed by atoms with E-state index in [4.69, 9.17) is 14.2 Å². The third-order valence-corrected chi connectivity index (χ3v) is 4.55. The van der Waals surface area contributed by atoms with E-state index in [1.165, 1.54) is 6.20 Å². The van der Waals surface area contributed by atoms with Gasteiger partial charge in [0.2, 0.25) is 5.88 Å². The minimum absolute atomic E-state index is 0.118. The van der Waals surface area contributed by atoms with Crippen LogP contribution in [-0.2, 0) is 4.74 Å².